The van der Waals surface area contributed by atoms with E-state index in [9.17, 15) is 4.79 Å². The quantitative estimate of drug-likeness (QED) is 0.596. The van der Waals surface area contributed by atoms with E-state index < -0.39 is 0 Å². The zero-order chi connectivity index (χ0) is 10.1. The zero-order valence-corrected chi connectivity index (χ0v) is 8.32. The minimum atomic E-state index is -0.124. The summed E-state index contributed by atoms with van der Waals surface area (Å²) in [6.45, 7) is 4.00. The number of hydrogen-bond acceptors (Lipinski definition) is 3. The van der Waals surface area contributed by atoms with E-state index in [0.717, 1.165) is 11.8 Å². The van der Waals surface area contributed by atoms with Crippen molar-refractivity contribution in [3.63, 3.8) is 0 Å². The molecule has 1 saturated carbocycles. The second kappa shape index (κ2) is 3.36. The van der Waals surface area contributed by atoms with E-state index in [1.54, 1.807) is 0 Å². The Balaban J connectivity index is 0.000000354. The summed E-state index contributed by atoms with van der Waals surface area (Å²) in [5.41, 5.74) is -0.124. The maximum Gasteiger partial charge on any atom is 0.274 e. The Kier molecular flexibility index (Phi) is 2.19. The van der Waals surface area contributed by atoms with Crippen molar-refractivity contribution in [1.29, 1.82) is 0 Å². The smallest absolute Gasteiger partial charge is 0.267 e. The summed E-state index contributed by atoms with van der Waals surface area (Å²) in [7, 11) is 0. The summed E-state index contributed by atoms with van der Waals surface area (Å²) in [6.07, 6.45) is 5.21. The lowest BCUT2D eigenvalue weighted by atomic mass is 10.2. The standard InChI is InChI=1S/C8H7N3O.C2H6/c12-8-6-2-4-1-5(4)3-7(6)9-11-10-8;1-2/h2-5H,1H2,(H,9,10,12);1-2H3. The topological polar surface area (TPSA) is 58.6 Å². The molecule has 0 spiro atoms. The van der Waals surface area contributed by atoms with E-state index in [1.165, 1.54) is 0 Å². The van der Waals surface area contributed by atoms with Crippen molar-refractivity contribution in [3.05, 3.63) is 20.9 Å². The Labute approximate surface area is 81.4 Å². The van der Waals surface area contributed by atoms with Crippen molar-refractivity contribution >= 4 is 12.2 Å². The molecule has 2 atom stereocenters. The van der Waals surface area contributed by atoms with E-state index in [1.807, 2.05) is 26.0 Å². The van der Waals surface area contributed by atoms with Gasteiger partial charge in [-0.2, -0.15) is 0 Å². The summed E-state index contributed by atoms with van der Waals surface area (Å²) in [4.78, 5) is 11.2. The highest BCUT2D eigenvalue weighted by Crippen LogP contribution is 2.41. The van der Waals surface area contributed by atoms with Gasteiger partial charge in [0, 0.05) is 0 Å². The van der Waals surface area contributed by atoms with Gasteiger partial charge in [0.15, 0.2) is 0 Å². The van der Waals surface area contributed by atoms with Gasteiger partial charge in [0.05, 0.1) is 10.6 Å². The minimum Gasteiger partial charge on any atom is -0.267 e. The number of aromatic nitrogens is 3. The van der Waals surface area contributed by atoms with Gasteiger partial charge in [-0.3, -0.25) is 4.79 Å². The van der Waals surface area contributed by atoms with Crippen molar-refractivity contribution in [2.45, 2.75) is 20.3 Å². The third-order valence-electron chi connectivity index (χ3n) is 2.47. The fraction of sp³-hybridized carbons (Fsp3) is 0.500. The highest BCUT2D eigenvalue weighted by molar-refractivity contribution is 5.46. The molecule has 1 heterocycles. The lowest BCUT2D eigenvalue weighted by Gasteiger charge is -1.93. The second-order valence-corrected chi connectivity index (χ2v) is 3.34. The van der Waals surface area contributed by atoms with E-state index in [-0.39, 0.29) is 5.56 Å². The number of hydrogen-bond donors (Lipinski definition) is 1. The third-order valence-corrected chi connectivity index (χ3v) is 2.47. The molecule has 0 amide bonds. The molecule has 1 N–H and O–H groups in total. The van der Waals surface area contributed by atoms with Crippen molar-refractivity contribution in [1.82, 2.24) is 15.4 Å². The predicted octanol–water partition coefficient (Wildman–Crippen LogP) is -0.598. The molecule has 3 rings (SSSR count). The van der Waals surface area contributed by atoms with Gasteiger partial charge >= 0.3 is 0 Å². The highest BCUT2D eigenvalue weighted by Gasteiger charge is 2.35. The van der Waals surface area contributed by atoms with Crippen LogP contribution in [0.1, 0.15) is 20.3 Å². The average molecular weight is 191 g/mol. The summed E-state index contributed by atoms with van der Waals surface area (Å²) in [5, 5.41) is 11.2. The van der Waals surface area contributed by atoms with Crippen molar-refractivity contribution < 1.29 is 0 Å². The molecular weight excluding hydrogens is 178 g/mol. The zero-order valence-electron chi connectivity index (χ0n) is 8.32. The van der Waals surface area contributed by atoms with Gasteiger partial charge in [0.2, 0.25) is 0 Å². The summed E-state index contributed by atoms with van der Waals surface area (Å²) in [5.74, 6) is 1.20. The maximum absolute atomic E-state index is 11.2. The molecular formula is C10H13N3O. The van der Waals surface area contributed by atoms with Gasteiger partial charge in [-0.05, 0) is 18.3 Å². The van der Waals surface area contributed by atoms with E-state index >= 15 is 0 Å². The molecule has 0 radical (unpaired) electrons. The van der Waals surface area contributed by atoms with Crippen LogP contribution in [0.5, 0.6) is 0 Å². The van der Waals surface area contributed by atoms with Crippen molar-refractivity contribution in [2.75, 3.05) is 0 Å². The Morgan fingerprint density at radius 3 is 2.86 bits per heavy atom. The third kappa shape index (κ3) is 1.36. The molecule has 0 saturated heterocycles. The summed E-state index contributed by atoms with van der Waals surface area (Å²) < 4.78 is 0. The van der Waals surface area contributed by atoms with E-state index in [2.05, 4.69) is 15.4 Å². The Hall–Kier alpha value is -1.45. The van der Waals surface area contributed by atoms with E-state index in [0.29, 0.717) is 17.1 Å². The number of fused-ring (bicyclic) bond motifs is 2. The largest absolute Gasteiger partial charge is 0.274 e. The SMILES string of the molecule is CC.O=c1[nH]nnc2c1=CC1CC1C=2. The van der Waals surface area contributed by atoms with Gasteiger partial charge in [-0.1, -0.05) is 31.2 Å². The Bertz CT molecular complexity index is 503. The molecule has 1 aromatic rings. The highest BCUT2D eigenvalue weighted by atomic mass is 16.1. The lowest BCUT2D eigenvalue weighted by molar-refractivity contribution is 0.798. The molecule has 2 aliphatic rings. The van der Waals surface area contributed by atoms with Crippen LogP contribution in [-0.4, -0.2) is 15.4 Å². The van der Waals surface area contributed by atoms with E-state index in [4.69, 9.17) is 0 Å². The Morgan fingerprint density at radius 2 is 2.07 bits per heavy atom. The fourth-order valence-corrected chi connectivity index (χ4v) is 1.67. The monoisotopic (exact) mass is 191 g/mol. The number of aromatic amines is 1. The first kappa shape index (κ1) is 9.12. The first-order valence-corrected chi connectivity index (χ1v) is 5.00. The maximum atomic E-state index is 11.2. The predicted molar refractivity (Wildman–Crippen MR) is 53.8 cm³/mol. The number of rotatable bonds is 0. The molecule has 1 fully saturated rings. The number of nitrogens with zero attached hydrogens (tertiary/aromatic N) is 2. The van der Waals surface area contributed by atoms with Gasteiger partial charge in [-0.25, -0.2) is 5.10 Å². The molecule has 1 aromatic heterocycles. The lowest BCUT2D eigenvalue weighted by Crippen LogP contribution is -2.45. The molecule has 0 aromatic carbocycles. The van der Waals surface area contributed by atoms with Crippen LogP contribution in [0.15, 0.2) is 4.79 Å². The normalized spacial score (nSPS) is 25.6. The van der Waals surface area contributed by atoms with Crippen LogP contribution in [0.25, 0.3) is 12.2 Å². The molecule has 4 heteroatoms. The van der Waals surface area contributed by atoms with Gasteiger partial charge < -0.3 is 0 Å². The van der Waals surface area contributed by atoms with Crippen LogP contribution in [0.3, 0.4) is 0 Å². The molecule has 0 aliphatic heterocycles. The number of H-pyrrole nitrogens is 1. The second-order valence-electron chi connectivity index (χ2n) is 3.34. The Morgan fingerprint density at radius 1 is 1.36 bits per heavy atom. The van der Waals surface area contributed by atoms with Crippen LogP contribution < -0.4 is 16.1 Å². The van der Waals surface area contributed by atoms with Gasteiger partial charge in [0.1, 0.15) is 0 Å². The summed E-state index contributed by atoms with van der Waals surface area (Å²) in [6, 6.07) is 0. The first-order chi connectivity index (χ1) is 6.84. The molecule has 0 bridgehead atoms. The first-order valence-electron chi connectivity index (χ1n) is 5.00. The van der Waals surface area contributed by atoms with Crippen molar-refractivity contribution in [3.8, 4) is 0 Å². The van der Waals surface area contributed by atoms with Crippen LogP contribution >= 0.6 is 0 Å². The molecule has 2 aliphatic carbocycles. The number of nitrogens with one attached hydrogen (secondary N) is 1. The van der Waals surface area contributed by atoms with Gasteiger partial charge in [-0.15, -0.1) is 5.10 Å². The molecule has 2 unspecified atom stereocenters. The fourth-order valence-electron chi connectivity index (χ4n) is 1.67. The van der Waals surface area contributed by atoms with Gasteiger partial charge in [0.25, 0.3) is 5.56 Å². The van der Waals surface area contributed by atoms with Crippen molar-refractivity contribution in [2.24, 2.45) is 11.8 Å². The minimum absolute atomic E-state index is 0.124. The van der Waals surface area contributed by atoms with Crippen LogP contribution in [0.2, 0.25) is 0 Å². The van der Waals surface area contributed by atoms with Crippen LogP contribution in [-0.2, 0) is 0 Å². The molecule has 14 heavy (non-hydrogen) atoms. The molecule has 4 nitrogen and oxygen atoms in total. The van der Waals surface area contributed by atoms with Crippen LogP contribution in [0.4, 0.5) is 0 Å². The average Bonchev–Trinajstić information content (AvgIpc) is 2.97. The summed E-state index contributed by atoms with van der Waals surface area (Å²) >= 11 is 0. The molecule has 74 valence electrons. The van der Waals surface area contributed by atoms with Crippen LogP contribution in [0, 0.1) is 11.8 Å².